The number of hydrogen-bond acceptors (Lipinski definition) is 4. The van der Waals surface area contributed by atoms with Crippen LogP contribution in [0.25, 0.3) is 0 Å². The van der Waals surface area contributed by atoms with Crippen LogP contribution in [0.2, 0.25) is 0 Å². The zero-order valence-electron chi connectivity index (χ0n) is 16.9. The first-order valence-corrected chi connectivity index (χ1v) is 9.39. The Hall–Kier alpha value is -3.02. The summed E-state index contributed by atoms with van der Waals surface area (Å²) in [6.07, 6.45) is 0.940. The summed E-state index contributed by atoms with van der Waals surface area (Å²) < 4.78 is 10.9. The molecule has 0 heterocycles. The molecule has 0 aliphatic heterocycles. The molecule has 0 aromatic heterocycles. The number of carbonyl (C=O) groups excluding carboxylic acids is 2. The molecular weight excluding hydrogens is 356 g/mol. The van der Waals surface area contributed by atoms with Crippen LogP contribution in [0.5, 0.6) is 11.5 Å². The minimum Gasteiger partial charge on any atom is -0.494 e. The average molecular weight is 384 g/mol. The third-order valence-corrected chi connectivity index (χ3v) is 4.05. The fourth-order valence-corrected chi connectivity index (χ4v) is 2.79. The normalized spacial score (nSPS) is 10.3. The Morgan fingerprint density at radius 3 is 2.04 bits per heavy atom. The molecule has 0 saturated carbocycles. The second kappa shape index (κ2) is 10.3. The van der Waals surface area contributed by atoms with E-state index in [0.29, 0.717) is 12.4 Å². The van der Waals surface area contributed by atoms with Gasteiger partial charge in [0.1, 0.15) is 11.5 Å². The highest BCUT2D eigenvalue weighted by Crippen LogP contribution is 2.21. The molecule has 0 aliphatic carbocycles. The molecule has 0 unspecified atom stereocenters. The summed E-state index contributed by atoms with van der Waals surface area (Å²) >= 11 is 0. The highest BCUT2D eigenvalue weighted by Gasteiger charge is 2.10. The van der Waals surface area contributed by atoms with Gasteiger partial charge in [0, 0.05) is 5.69 Å². The monoisotopic (exact) mass is 384 g/mol. The minimum atomic E-state index is -0.362. The van der Waals surface area contributed by atoms with Gasteiger partial charge in [-0.3, -0.25) is 9.59 Å². The molecule has 2 rings (SSSR count). The molecule has 0 aliphatic rings. The van der Waals surface area contributed by atoms with Gasteiger partial charge >= 0.3 is 0 Å². The number of hydrogen-bond donors (Lipinski definition) is 2. The maximum atomic E-state index is 12.1. The lowest BCUT2D eigenvalue weighted by molar-refractivity contribution is -0.125. The standard InChI is InChI=1S/C22H28N2O4/c1-5-10-27-18-6-8-19(9-7-18)28-14-21(26)23-13-20(25)24-22-16(3)11-15(2)12-17(22)4/h6-9,11-12H,5,10,13-14H2,1-4H3,(H,23,26)(H,24,25). The van der Waals surface area contributed by atoms with Crippen LogP contribution in [-0.4, -0.2) is 31.6 Å². The SMILES string of the molecule is CCCOc1ccc(OCC(=O)NCC(=O)Nc2c(C)cc(C)cc2C)cc1. The smallest absolute Gasteiger partial charge is 0.258 e. The third-order valence-electron chi connectivity index (χ3n) is 4.05. The number of anilines is 1. The van der Waals surface area contributed by atoms with Crippen molar-refractivity contribution in [1.29, 1.82) is 0 Å². The van der Waals surface area contributed by atoms with Gasteiger partial charge in [0.15, 0.2) is 6.61 Å². The van der Waals surface area contributed by atoms with Crippen molar-refractivity contribution in [2.45, 2.75) is 34.1 Å². The van der Waals surface area contributed by atoms with Gasteiger partial charge in [0.25, 0.3) is 5.91 Å². The molecule has 0 radical (unpaired) electrons. The Morgan fingerprint density at radius 2 is 1.46 bits per heavy atom. The number of nitrogens with one attached hydrogen (secondary N) is 2. The Kier molecular flexibility index (Phi) is 7.87. The summed E-state index contributed by atoms with van der Waals surface area (Å²) in [5.74, 6) is 0.686. The number of ether oxygens (including phenoxy) is 2. The molecule has 0 saturated heterocycles. The van der Waals surface area contributed by atoms with Gasteiger partial charge < -0.3 is 20.1 Å². The summed E-state index contributed by atoms with van der Waals surface area (Å²) in [7, 11) is 0. The lowest BCUT2D eigenvalue weighted by atomic mass is 10.1. The van der Waals surface area contributed by atoms with Crippen molar-refractivity contribution in [3.8, 4) is 11.5 Å². The van der Waals surface area contributed by atoms with Crippen LogP contribution in [-0.2, 0) is 9.59 Å². The van der Waals surface area contributed by atoms with Gasteiger partial charge in [0.05, 0.1) is 13.2 Å². The second-order valence-corrected chi connectivity index (χ2v) is 6.71. The fourth-order valence-electron chi connectivity index (χ4n) is 2.79. The van der Waals surface area contributed by atoms with E-state index in [1.807, 2.05) is 39.8 Å². The molecule has 6 nitrogen and oxygen atoms in total. The summed E-state index contributed by atoms with van der Waals surface area (Å²) in [4.78, 5) is 24.0. The number of carbonyl (C=O) groups is 2. The molecule has 28 heavy (non-hydrogen) atoms. The van der Waals surface area contributed by atoms with E-state index in [9.17, 15) is 9.59 Å². The van der Waals surface area contributed by atoms with Crippen LogP contribution in [0, 0.1) is 20.8 Å². The van der Waals surface area contributed by atoms with E-state index in [1.54, 1.807) is 24.3 Å². The fraction of sp³-hybridized carbons (Fsp3) is 0.364. The van der Waals surface area contributed by atoms with E-state index < -0.39 is 0 Å². The maximum absolute atomic E-state index is 12.1. The Bertz CT molecular complexity index is 793. The highest BCUT2D eigenvalue weighted by atomic mass is 16.5. The van der Waals surface area contributed by atoms with E-state index >= 15 is 0 Å². The van der Waals surface area contributed by atoms with Gasteiger partial charge in [-0.2, -0.15) is 0 Å². The molecule has 2 aromatic carbocycles. The van der Waals surface area contributed by atoms with Crippen LogP contribution >= 0.6 is 0 Å². The van der Waals surface area contributed by atoms with E-state index in [0.717, 1.165) is 34.5 Å². The van der Waals surface area contributed by atoms with Crippen molar-refractivity contribution in [2.24, 2.45) is 0 Å². The van der Waals surface area contributed by atoms with Crippen molar-refractivity contribution in [2.75, 3.05) is 25.1 Å². The molecule has 0 fully saturated rings. The van der Waals surface area contributed by atoms with Crippen molar-refractivity contribution >= 4 is 17.5 Å². The van der Waals surface area contributed by atoms with Gasteiger partial charge in [-0.15, -0.1) is 0 Å². The first-order chi connectivity index (χ1) is 13.4. The zero-order valence-corrected chi connectivity index (χ0v) is 16.9. The molecule has 0 atom stereocenters. The van der Waals surface area contributed by atoms with E-state index in [-0.39, 0.29) is 25.0 Å². The molecule has 0 spiro atoms. The van der Waals surface area contributed by atoms with Crippen LogP contribution in [0.3, 0.4) is 0 Å². The second-order valence-electron chi connectivity index (χ2n) is 6.71. The van der Waals surface area contributed by atoms with Crippen molar-refractivity contribution in [3.63, 3.8) is 0 Å². The third kappa shape index (κ3) is 6.61. The number of rotatable bonds is 9. The zero-order chi connectivity index (χ0) is 20.5. The number of benzene rings is 2. The predicted octanol–water partition coefficient (Wildman–Crippen LogP) is 3.53. The Labute approximate surface area is 166 Å². The van der Waals surface area contributed by atoms with Gasteiger partial charge in [-0.05, 0) is 62.6 Å². The lowest BCUT2D eigenvalue weighted by Gasteiger charge is -2.13. The van der Waals surface area contributed by atoms with Crippen molar-refractivity contribution in [1.82, 2.24) is 5.32 Å². The lowest BCUT2D eigenvalue weighted by Crippen LogP contribution is -2.36. The van der Waals surface area contributed by atoms with Gasteiger partial charge in [-0.25, -0.2) is 0 Å². The van der Waals surface area contributed by atoms with Gasteiger partial charge in [0.2, 0.25) is 5.91 Å². The van der Waals surface area contributed by atoms with E-state index in [1.165, 1.54) is 0 Å². The summed E-state index contributed by atoms with van der Waals surface area (Å²) in [6.45, 7) is 8.33. The van der Waals surface area contributed by atoms with Gasteiger partial charge in [-0.1, -0.05) is 24.6 Å². The number of amides is 2. The highest BCUT2D eigenvalue weighted by molar-refractivity contribution is 5.95. The summed E-state index contributed by atoms with van der Waals surface area (Å²) in [6, 6.07) is 11.1. The van der Waals surface area contributed by atoms with Crippen molar-refractivity contribution in [3.05, 3.63) is 53.1 Å². The molecule has 6 heteroatoms. The molecule has 2 amide bonds. The molecule has 0 bridgehead atoms. The largest absolute Gasteiger partial charge is 0.494 e. The maximum Gasteiger partial charge on any atom is 0.258 e. The topological polar surface area (TPSA) is 76.7 Å². The van der Waals surface area contributed by atoms with Crippen molar-refractivity contribution < 1.29 is 19.1 Å². The Morgan fingerprint density at radius 1 is 0.893 bits per heavy atom. The van der Waals surface area contributed by atoms with E-state index in [2.05, 4.69) is 10.6 Å². The molecular formula is C22H28N2O4. The number of aryl methyl sites for hydroxylation is 3. The first kappa shape index (κ1) is 21.3. The minimum absolute atomic E-state index is 0.112. The van der Waals surface area contributed by atoms with Crippen LogP contribution < -0.4 is 20.1 Å². The van der Waals surface area contributed by atoms with E-state index in [4.69, 9.17) is 9.47 Å². The summed E-state index contributed by atoms with van der Waals surface area (Å²) in [5, 5.41) is 5.41. The summed E-state index contributed by atoms with van der Waals surface area (Å²) in [5.41, 5.74) is 3.91. The van der Waals surface area contributed by atoms with Crippen LogP contribution in [0.1, 0.15) is 30.0 Å². The first-order valence-electron chi connectivity index (χ1n) is 9.39. The molecule has 2 N–H and O–H groups in total. The van der Waals surface area contributed by atoms with Crippen LogP contribution in [0.4, 0.5) is 5.69 Å². The molecule has 150 valence electrons. The quantitative estimate of drug-likeness (QED) is 0.693. The average Bonchev–Trinajstić information content (AvgIpc) is 2.66. The predicted molar refractivity (Wildman–Crippen MR) is 110 cm³/mol. The van der Waals surface area contributed by atoms with Crippen LogP contribution in [0.15, 0.2) is 36.4 Å². The molecule has 2 aromatic rings. The Balaban J connectivity index is 1.75.